The topological polar surface area (TPSA) is 167 Å². The maximum atomic E-state index is 13.1. The standard InChI is InChI=1S/C25H27N5O5S/c26-23(27)19-14-16(9-10-18(19)24(31)30-12-2-1-3-13-30)15-20(25(32)33)29-36(34,35)21-8-4-6-17-7-5-11-28-22(17)21/h4-11,14,20,29H,1-3,12-13,15H2,(H3,26,27)(H,32,33)/t20-/m0/s1. The van der Waals surface area contributed by atoms with Crippen LogP contribution in [0.2, 0.25) is 0 Å². The number of sulfonamides is 1. The van der Waals surface area contributed by atoms with Crippen LogP contribution < -0.4 is 10.5 Å². The molecule has 0 aliphatic carbocycles. The number of hydrogen-bond acceptors (Lipinski definition) is 6. The van der Waals surface area contributed by atoms with E-state index in [0.717, 1.165) is 19.3 Å². The molecular formula is C25H27N5O5S. The number of fused-ring (bicyclic) bond motifs is 1. The lowest BCUT2D eigenvalue weighted by molar-refractivity contribution is -0.138. The number of amides is 1. The lowest BCUT2D eigenvalue weighted by Gasteiger charge is -2.27. The molecule has 36 heavy (non-hydrogen) atoms. The summed E-state index contributed by atoms with van der Waals surface area (Å²) >= 11 is 0. The maximum absolute atomic E-state index is 13.1. The molecule has 1 aliphatic rings. The number of pyridine rings is 1. The van der Waals surface area contributed by atoms with Gasteiger partial charge in [0.1, 0.15) is 16.8 Å². The highest BCUT2D eigenvalue weighted by atomic mass is 32.2. The second-order valence-corrected chi connectivity index (χ2v) is 10.4. The molecule has 1 amide bonds. The molecule has 10 nitrogen and oxygen atoms in total. The summed E-state index contributed by atoms with van der Waals surface area (Å²) in [6.45, 7) is 1.26. The normalized spacial score (nSPS) is 14.9. The summed E-state index contributed by atoms with van der Waals surface area (Å²) in [4.78, 5) is 30.7. The van der Waals surface area contributed by atoms with Crippen LogP contribution in [0, 0.1) is 5.41 Å². The van der Waals surface area contributed by atoms with Gasteiger partial charge >= 0.3 is 5.97 Å². The van der Waals surface area contributed by atoms with Gasteiger partial charge in [0.2, 0.25) is 10.0 Å². The fourth-order valence-corrected chi connectivity index (χ4v) is 5.72. The molecular weight excluding hydrogens is 482 g/mol. The largest absolute Gasteiger partial charge is 0.480 e. The maximum Gasteiger partial charge on any atom is 0.322 e. The van der Waals surface area contributed by atoms with E-state index in [0.29, 0.717) is 24.0 Å². The fourth-order valence-electron chi connectivity index (χ4n) is 4.35. The van der Waals surface area contributed by atoms with Crippen molar-refractivity contribution in [2.75, 3.05) is 13.1 Å². The summed E-state index contributed by atoms with van der Waals surface area (Å²) < 4.78 is 28.5. The average molecular weight is 510 g/mol. The van der Waals surface area contributed by atoms with E-state index in [2.05, 4.69) is 9.71 Å². The molecule has 2 aromatic carbocycles. The number of aliphatic carboxylic acids is 1. The fraction of sp³-hybridized carbons (Fsp3) is 0.280. The molecule has 0 bridgehead atoms. The monoisotopic (exact) mass is 509 g/mol. The molecule has 2 heterocycles. The minimum Gasteiger partial charge on any atom is -0.480 e. The van der Waals surface area contributed by atoms with Gasteiger partial charge < -0.3 is 15.7 Å². The number of para-hydroxylation sites is 1. The van der Waals surface area contributed by atoms with Crippen LogP contribution in [0.1, 0.15) is 40.7 Å². The van der Waals surface area contributed by atoms with Crippen molar-refractivity contribution in [1.29, 1.82) is 5.41 Å². The third-order valence-electron chi connectivity index (χ3n) is 6.17. The number of likely N-dealkylation sites (tertiary alicyclic amines) is 1. The van der Waals surface area contributed by atoms with E-state index in [-0.39, 0.29) is 39.7 Å². The number of hydrogen-bond donors (Lipinski definition) is 4. The molecule has 0 saturated carbocycles. The van der Waals surface area contributed by atoms with Gasteiger partial charge in [-0.1, -0.05) is 24.3 Å². The Kier molecular flexibility index (Phi) is 7.32. The molecule has 1 fully saturated rings. The predicted molar refractivity (Wildman–Crippen MR) is 134 cm³/mol. The number of amidine groups is 1. The number of nitrogens with zero attached hydrogens (tertiary/aromatic N) is 2. The third-order valence-corrected chi connectivity index (χ3v) is 7.67. The van der Waals surface area contributed by atoms with Gasteiger partial charge in [0.25, 0.3) is 5.91 Å². The number of carbonyl (C=O) groups is 2. The SMILES string of the molecule is N=C(N)c1cc(C[C@H](NS(=O)(=O)c2cccc3cccnc23)C(=O)O)ccc1C(=O)N1CCCCC1. The van der Waals surface area contributed by atoms with Crippen LogP contribution in [-0.2, 0) is 21.2 Å². The predicted octanol–water partition coefficient (Wildman–Crippen LogP) is 2.12. The summed E-state index contributed by atoms with van der Waals surface area (Å²) in [5.74, 6) is -1.93. The van der Waals surface area contributed by atoms with Crippen molar-refractivity contribution in [3.05, 3.63) is 71.4 Å². The molecule has 5 N–H and O–H groups in total. The molecule has 3 aromatic rings. The molecule has 1 aliphatic heterocycles. The Balaban J connectivity index is 1.61. The molecule has 0 radical (unpaired) electrons. The lowest BCUT2D eigenvalue weighted by Crippen LogP contribution is -2.42. The quantitative estimate of drug-likeness (QED) is 0.266. The molecule has 1 saturated heterocycles. The van der Waals surface area contributed by atoms with Gasteiger partial charge in [0.05, 0.1) is 11.1 Å². The van der Waals surface area contributed by atoms with Gasteiger partial charge in [-0.15, -0.1) is 0 Å². The van der Waals surface area contributed by atoms with Crippen LogP contribution in [0.3, 0.4) is 0 Å². The van der Waals surface area contributed by atoms with Crippen LogP contribution in [0.25, 0.3) is 10.9 Å². The molecule has 0 spiro atoms. The van der Waals surface area contributed by atoms with Crippen molar-refractivity contribution in [1.82, 2.24) is 14.6 Å². The summed E-state index contributed by atoms with van der Waals surface area (Å²) in [5, 5.41) is 18.3. The van der Waals surface area contributed by atoms with Crippen molar-refractivity contribution in [2.45, 2.75) is 36.6 Å². The van der Waals surface area contributed by atoms with Gasteiger partial charge in [-0.2, -0.15) is 4.72 Å². The highest BCUT2D eigenvalue weighted by Gasteiger charge is 2.28. The van der Waals surface area contributed by atoms with E-state index in [1.165, 1.54) is 24.4 Å². The second-order valence-electron chi connectivity index (χ2n) is 8.69. The highest BCUT2D eigenvalue weighted by Crippen LogP contribution is 2.22. The number of nitrogens with two attached hydrogens (primary N) is 1. The Morgan fingerprint density at radius 2 is 1.81 bits per heavy atom. The van der Waals surface area contributed by atoms with E-state index >= 15 is 0 Å². The summed E-state index contributed by atoms with van der Waals surface area (Å²) in [6.07, 6.45) is 4.12. The second kappa shape index (κ2) is 10.4. The first kappa shape index (κ1) is 25.3. The highest BCUT2D eigenvalue weighted by molar-refractivity contribution is 7.89. The van der Waals surface area contributed by atoms with Crippen molar-refractivity contribution in [3.8, 4) is 0 Å². The summed E-state index contributed by atoms with van der Waals surface area (Å²) in [5.41, 5.74) is 6.85. The summed E-state index contributed by atoms with van der Waals surface area (Å²) in [7, 11) is -4.23. The summed E-state index contributed by atoms with van der Waals surface area (Å²) in [6, 6.07) is 11.1. The minimum absolute atomic E-state index is 0.126. The zero-order valence-corrected chi connectivity index (χ0v) is 20.3. The van der Waals surface area contributed by atoms with E-state index in [1.54, 1.807) is 35.2 Å². The van der Waals surface area contributed by atoms with Crippen LogP contribution in [-0.4, -0.2) is 60.3 Å². The first-order valence-electron chi connectivity index (χ1n) is 11.5. The average Bonchev–Trinajstić information content (AvgIpc) is 2.87. The van der Waals surface area contributed by atoms with Crippen LogP contribution in [0.15, 0.2) is 59.6 Å². The number of carboxylic acid groups (broad SMARTS) is 1. The van der Waals surface area contributed by atoms with Gasteiger partial charge in [-0.05, 0) is 55.5 Å². The van der Waals surface area contributed by atoms with E-state index in [9.17, 15) is 23.1 Å². The van der Waals surface area contributed by atoms with Crippen molar-refractivity contribution in [3.63, 3.8) is 0 Å². The van der Waals surface area contributed by atoms with Gasteiger partial charge in [0, 0.05) is 30.2 Å². The Labute approximate surface area is 208 Å². The molecule has 11 heteroatoms. The van der Waals surface area contributed by atoms with Crippen molar-refractivity contribution in [2.24, 2.45) is 5.73 Å². The van der Waals surface area contributed by atoms with Crippen LogP contribution in [0.5, 0.6) is 0 Å². The Morgan fingerprint density at radius 1 is 1.08 bits per heavy atom. The van der Waals surface area contributed by atoms with Gasteiger partial charge in [-0.25, -0.2) is 8.42 Å². The number of carbonyl (C=O) groups excluding carboxylic acids is 1. The third kappa shape index (κ3) is 5.37. The van der Waals surface area contributed by atoms with Gasteiger partial charge in [-0.3, -0.25) is 20.0 Å². The molecule has 188 valence electrons. The Bertz CT molecular complexity index is 1430. The Morgan fingerprint density at radius 3 is 2.50 bits per heavy atom. The first-order chi connectivity index (χ1) is 17.2. The molecule has 1 atom stereocenters. The van der Waals surface area contributed by atoms with E-state index in [4.69, 9.17) is 11.1 Å². The Hall–Kier alpha value is -3.83. The van der Waals surface area contributed by atoms with Crippen molar-refractivity contribution < 1.29 is 23.1 Å². The number of carboxylic acids is 1. The lowest BCUT2D eigenvalue weighted by atomic mass is 9.97. The zero-order chi connectivity index (χ0) is 25.9. The van der Waals surface area contributed by atoms with E-state index < -0.39 is 22.0 Å². The zero-order valence-electron chi connectivity index (χ0n) is 19.5. The number of aromatic nitrogens is 1. The number of piperidine rings is 1. The van der Waals surface area contributed by atoms with Crippen LogP contribution >= 0.6 is 0 Å². The van der Waals surface area contributed by atoms with Crippen LogP contribution in [0.4, 0.5) is 0 Å². The number of rotatable bonds is 8. The number of benzene rings is 2. The van der Waals surface area contributed by atoms with E-state index in [1.807, 2.05) is 0 Å². The molecule has 4 rings (SSSR count). The number of nitrogens with one attached hydrogen (secondary N) is 2. The molecule has 0 unspecified atom stereocenters. The first-order valence-corrected chi connectivity index (χ1v) is 13.0. The molecule has 1 aromatic heterocycles. The number of nitrogen functional groups attached to an aromatic ring is 1. The smallest absolute Gasteiger partial charge is 0.322 e. The van der Waals surface area contributed by atoms with Gasteiger partial charge in [0.15, 0.2) is 0 Å². The minimum atomic E-state index is -4.23. The van der Waals surface area contributed by atoms with Crippen molar-refractivity contribution >= 4 is 38.6 Å².